The molecule has 88 valence electrons. The summed E-state index contributed by atoms with van der Waals surface area (Å²) in [5.41, 5.74) is 0. The highest BCUT2D eigenvalue weighted by atomic mass is 16.4. The van der Waals surface area contributed by atoms with Crippen molar-refractivity contribution in [2.45, 2.75) is 65.8 Å². The topological polar surface area (TPSA) is 60.7 Å². The zero-order chi connectivity index (χ0) is 10.4. The van der Waals surface area contributed by atoms with Gasteiger partial charge in [-0.1, -0.05) is 41.0 Å². The molecule has 0 aromatic carbocycles. The number of hydrogen-bond donors (Lipinski definition) is 3. The molecule has 0 saturated heterocycles. The maximum Gasteiger partial charge on any atom is 0.106 e. The summed E-state index contributed by atoms with van der Waals surface area (Å²) in [7, 11) is 0. The molecule has 0 amide bonds. The lowest BCUT2D eigenvalue weighted by atomic mass is 9.93. The number of aliphatic hydroxyl groups is 3. The van der Waals surface area contributed by atoms with Crippen LogP contribution in [0.3, 0.4) is 0 Å². The van der Waals surface area contributed by atoms with Crippen molar-refractivity contribution in [3.8, 4) is 0 Å². The molecule has 0 unspecified atom stereocenters. The van der Waals surface area contributed by atoms with Crippen molar-refractivity contribution >= 4 is 0 Å². The molecule has 4 atom stereocenters. The van der Waals surface area contributed by atoms with Crippen LogP contribution in [0.25, 0.3) is 0 Å². The average Bonchev–Trinajstić information content (AvgIpc) is 2.14. The van der Waals surface area contributed by atoms with Crippen LogP contribution in [0.4, 0.5) is 0 Å². The van der Waals surface area contributed by atoms with E-state index in [0.29, 0.717) is 6.42 Å². The van der Waals surface area contributed by atoms with Crippen molar-refractivity contribution in [2.75, 3.05) is 0 Å². The standard InChI is InChI=1S/C10H22O3.CH4/c1-4-6-8(11)10(13)9(12)7(3)5-2;/h7-13H,4-6H2,1-3H3;1H4/t7-,8+,9-,10-;/m1./s1. The Bertz CT molecular complexity index is 128. The number of hydrogen-bond acceptors (Lipinski definition) is 3. The van der Waals surface area contributed by atoms with Gasteiger partial charge in [-0.05, 0) is 12.3 Å². The summed E-state index contributed by atoms with van der Waals surface area (Å²) >= 11 is 0. The van der Waals surface area contributed by atoms with E-state index in [0.717, 1.165) is 12.8 Å². The summed E-state index contributed by atoms with van der Waals surface area (Å²) in [6.45, 7) is 5.75. The smallest absolute Gasteiger partial charge is 0.106 e. The fourth-order valence-corrected chi connectivity index (χ4v) is 1.27. The van der Waals surface area contributed by atoms with E-state index >= 15 is 0 Å². The van der Waals surface area contributed by atoms with Gasteiger partial charge in [-0.25, -0.2) is 0 Å². The van der Waals surface area contributed by atoms with Gasteiger partial charge in [-0.3, -0.25) is 0 Å². The van der Waals surface area contributed by atoms with E-state index in [1.807, 2.05) is 20.8 Å². The molecule has 14 heavy (non-hydrogen) atoms. The third-order valence-electron chi connectivity index (χ3n) is 2.56. The van der Waals surface area contributed by atoms with Crippen LogP contribution in [0.2, 0.25) is 0 Å². The van der Waals surface area contributed by atoms with E-state index < -0.39 is 18.3 Å². The second-order valence-electron chi connectivity index (χ2n) is 3.72. The lowest BCUT2D eigenvalue weighted by molar-refractivity contribution is -0.0807. The minimum atomic E-state index is -1.00. The van der Waals surface area contributed by atoms with E-state index in [1.165, 1.54) is 0 Å². The normalized spacial score (nSPS) is 19.3. The maximum atomic E-state index is 9.57. The monoisotopic (exact) mass is 206 g/mol. The van der Waals surface area contributed by atoms with Gasteiger partial charge in [-0.2, -0.15) is 0 Å². The Hall–Kier alpha value is -0.120. The molecule has 0 aliphatic heterocycles. The molecule has 3 heteroatoms. The van der Waals surface area contributed by atoms with Crippen molar-refractivity contribution in [3.63, 3.8) is 0 Å². The van der Waals surface area contributed by atoms with E-state index in [1.54, 1.807) is 0 Å². The molecular formula is C11H26O3. The second kappa shape index (κ2) is 8.21. The average molecular weight is 206 g/mol. The van der Waals surface area contributed by atoms with Gasteiger partial charge in [0.05, 0.1) is 12.2 Å². The molecule has 0 fully saturated rings. The molecule has 0 rings (SSSR count). The van der Waals surface area contributed by atoms with Crippen LogP contribution in [0, 0.1) is 5.92 Å². The summed E-state index contributed by atoms with van der Waals surface area (Å²) < 4.78 is 0. The Labute approximate surface area is 87.8 Å². The quantitative estimate of drug-likeness (QED) is 0.618. The Morgan fingerprint density at radius 3 is 1.86 bits per heavy atom. The van der Waals surface area contributed by atoms with E-state index in [-0.39, 0.29) is 13.3 Å². The van der Waals surface area contributed by atoms with Crippen LogP contribution in [0.5, 0.6) is 0 Å². The fourth-order valence-electron chi connectivity index (χ4n) is 1.27. The predicted octanol–water partition coefficient (Wildman–Crippen LogP) is 1.55. The summed E-state index contributed by atoms with van der Waals surface area (Å²) in [4.78, 5) is 0. The first-order chi connectivity index (χ1) is 6.04. The Kier molecular flexibility index (Phi) is 9.57. The highest BCUT2D eigenvalue weighted by molar-refractivity contribution is 4.78. The molecular weight excluding hydrogens is 180 g/mol. The Morgan fingerprint density at radius 1 is 1.00 bits per heavy atom. The van der Waals surface area contributed by atoms with Gasteiger partial charge in [0, 0.05) is 0 Å². The number of rotatable bonds is 6. The summed E-state index contributed by atoms with van der Waals surface area (Å²) in [6.07, 6.45) is -0.465. The lowest BCUT2D eigenvalue weighted by Gasteiger charge is -2.26. The molecule has 0 saturated carbocycles. The van der Waals surface area contributed by atoms with Crippen LogP contribution in [0.15, 0.2) is 0 Å². The van der Waals surface area contributed by atoms with Crippen molar-refractivity contribution in [3.05, 3.63) is 0 Å². The zero-order valence-corrected chi connectivity index (χ0v) is 8.77. The van der Waals surface area contributed by atoms with Crippen LogP contribution in [-0.4, -0.2) is 33.6 Å². The van der Waals surface area contributed by atoms with Crippen molar-refractivity contribution < 1.29 is 15.3 Å². The molecule has 0 aromatic heterocycles. The molecule has 0 spiro atoms. The highest BCUT2D eigenvalue weighted by Gasteiger charge is 2.27. The molecule has 0 bridgehead atoms. The Morgan fingerprint density at radius 2 is 1.50 bits per heavy atom. The minimum absolute atomic E-state index is 0. The van der Waals surface area contributed by atoms with Crippen molar-refractivity contribution in [1.29, 1.82) is 0 Å². The first-order valence-corrected chi connectivity index (χ1v) is 5.08. The summed E-state index contributed by atoms with van der Waals surface area (Å²) in [6, 6.07) is 0. The molecule has 3 N–H and O–H groups in total. The van der Waals surface area contributed by atoms with E-state index in [2.05, 4.69) is 0 Å². The maximum absolute atomic E-state index is 9.57. The van der Waals surface area contributed by atoms with Crippen LogP contribution in [-0.2, 0) is 0 Å². The molecule has 0 aliphatic carbocycles. The molecule has 0 aliphatic rings. The van der Waals surface area contributed by atoms with E-state index in [4.69, 9.17) is 0 Å². The van der Waals surface area contributed by atoms with Crippen LogP contribution in [0.1, 0.15) is 47.5 Å². The fraction of sp³-hybridized carbons (Fsp3) is 1.00. The molecule has 3 nitrogen and oxygen atoms in total. The van der Waals surface area contributed by atoms with Gasteiger partial charge < -0.3 is 15.3 Å². The van der Waals surface area contributed by atoms with E-state index in [9.17, 15) is 15.3 Å². The zero-order valence-electron chi connectivity index (χ0n) is 8.77. The van der Waals surface area contributed by atoms with Gasteiger partial charge in [0.2, 0.25) is 0 Å². The van der Waals surface area contributed by atoms with Gasteiger partial charge in [0.15, 0.2) is 0 Å². The Balaban J connectivity index is 0. The third-order valence-corrected chi connectivity index (χ3v) is 2.56. The molecule has 0 radical (unpaired) electrons. The van der Waals surface area contributed by atoms with Crippen LogP contribution < -0.4 is 0 Å². The first kappa shape index (κ1) is 16.3. The first-order valence-electron chi connectivity index (χ1n) is 5.08. The molecule has 0 heterocycles. The van der Waals surface area contributed by atoms with Gasteiger partial charge >= 0.3 is 0 Å². The van der Waals surface area contributed by atoms with Gasteiger partial charge in [-0.15, -0.1) is 0 Å². The minimum Gasteiger partial charge on any atom is -0.390 e. The summed E-state index contributed by atoms with van der Waals surface area (Å²) in [5.74, 6) is 0.0292. The highest BCUT2D eigenvalue weighted by Crippen LogP contribution is 2.15. The SMILES string of the molecule is C.CCC[C@H](O)[C@@H](O)[C@H](O)[C@H](C)CC. The molecule has 0 aromatic rings. The van der Waals surface area contributed by atoms with Crippen LogP contribution >= 0.6 is 0 Å². The second-order valence-corrected chi connectivity index (χ2v) is 3.72. The van der Waals surface area contributed by atoms with Gasteiger partial charge in [0.1, 0.15) is 6.10 Å². The van der Waals surface area contributed by atoms with Gasteiger partial charge in [0.25, 0.3) is 0 Å². The lowest BCUT2D eigenvalue weighted by Crippen LogP contribution is -2.40. The largest absolute Gasteiger partial charge is 0.390 e. The van der Waals surface area contributed by atoms with Crippen molar-refractivity contribution in [1.82, 2.24) is 0 Å². The summed E-state index contributed by atoms with van der Waals surface area (Å²) in [5, 5.41) is 28.5. The van der Waals surface area contributed by atoms with Crippen molar-refractivity contribution in [2.24, 2.45) is 5.92 Å². The predicted molar refractivity (Wildman–Crippen MR) is 59.1 cm³/mol. The number of aliphatic hydroxyl groups excluding tert-OH is 3. The third kappa shape index (κ3) is 4.94.